The van der Waals surface area contributed by atoms with E-state index in [2.05, 4.69) is 36.8 Å². The van der Waals surface area contributed by atoms with Crippen LogP contribution in [0.25, 0.3) is 22.6 Å². The molecule has 6 heteroatoms. The highest BCUT2D eigenvalue weighted by molar-refractivity contribution is 9.10. The van der Waals surface area contributed by atoms with E-state index < -0.39 is 0 Å². The third kappa shape index (κ3) is 2.29. The van der Waals surface area contributed by atoms with Crippen molar-refractivity contribution in [2.75, 3.05) is 12.8 Å². The van der Waals surface area contributed by atoms with Gasteiger partial charge in [-0.3, -0.25) is 0 Å². The molecule has 0 aliphatic rings. The lowest BCUT2D eigenvalue weighted by Gasteiger charge is -2.03. The zero-order valence-corrected chi connectivity index (χ0v) is 13.7. The van der Waals surface area contributed by atoms with Crippen molar-refractivity contribution in [2.45, 2.75) is 0 Å². The minimum Gasteiger partial charge on any atom is -0.497 e. The van der Waals surface area contributed by atoms with Gasteiger partial charge >= 0.3 is 0 Å². The van der Waals surface area contributed by atoms with E-state index in [1.807, 2.05) is 24.3 Å². The summed E-state index contributed by atoms with van der Waals surface area (Å²) < 4.78 is 12.7. The normalized spacial score (nSPS) is 10.9. The van der Waals surface area contributed by atoms with Crippen LogP contribution in [-0.2, 0) is 0 Å². The number of hydrogen-bond donors (Lipinski definition) is 1. The maximum atomic E-state index is 5.94. The second-order valence-corrected chi connectivity index (χ2v) is 5.98. The quantitative estimate of drug-likeness (QED) is 0.641. The van der Waals surface area contributed by atoms with E-state index in [9.17, 15) is 0 Å². The molecule has 0 saturated carbocycles. The second kappa shape index (κ2) is 5.10. The van der Waals surface area contributed by atoms with Crippen molar-refractivity contribution in [1.82, 2.24) is 4.98 Å². The molecule has 0 amide bonds. The molecule has 102 valence electrons. The summed E-state index contributed by atoms with van der Waals surface area (Å²) in [7, 11) is 1.62. The molecule has 1 aromatic heterocycles. The molecule has 0 aliphatic carbocycles. The average Bonchev–Trinajstić information content (AvgIpc) is 2.83. The molecular formula is C14H10Br2N2O2. The van der Waals surface area contributed by atoms with Gasteiger partial charge in [-0.05, 0) is 46.3 Å². The lowest BCUT2D eigenvalue weighted by atomic mass is 10.2. The number of ether oxygens (including phenoxy) is 1. The standard InChI is InChI=1S/C14H10Br2N2O2/c1-19-8-2-3-10(16)9(6-8)14-18-12-5-7(15)4-11(17)13(12)20-14/h2-6H,17H2,1H3. The van der Waals surface area contributed by atoms with Crippen molar-refractivity contribution in [3.8, 4) is 17.2 Å². The minimum atomic E-state index is 0.496. The lowest BCUT2D eigenvalue weighted by Crippen LogP contribution is -1.85. The Kier molecular flexibility index (Phi) is 3.43. The number of fused-ring (bicyclic) bond motifs is 1. The molecule has 20 heavy (non-hydrogen) atoms. The van der Waals surface area contributed by atoms with E-state index in [0.717, 1.165) is 20.3 Å². The summed E-state index contributed by atoms with van der Waals surface area (Å²) in [5.74, 6) is 1.23. The third-order valence-corrected chi connectivity index (χ3v) is 4.04. The number of rotatable bonds is 2. The first kappa shape index (κ1) is 13.5. The molecule has 0 saturated heterocycles. The molecule has 1 heterocycles. The van der Waals surface area contributed by atoms with Gasteiger partial charge in [-0.15, -0.1) is 0 Å². The van der Waals surface area contributed by atoms with Crippen molar-refractivity contribution in [3.05, 3.63) is 39.3 Å². The third-order valence-electron chi connectivity index (χ3n) is 2.89. The maximum Gasteiger partial charge on any atom is 0.228 e. The van der Waals surface area contributed by atoms with Gasteiger partial charge in [-0.1, -0.05) is 15.9 Å². The fourth-order valence-electron chi connectivity index (χ4n) is 1.93. The molecule has 3 aromatic rings. The highest BCUT2D eigenvalue weighted by Gasteiger charge is 2.14. The second-order valence-electron chi connectivity index (χ2n) is 4.21. The average molecular weight is 398 g/mol. The van der Waals surface area contributed by atoms with E-state index in [1.165, 1.54) is 0 Å². The number of benzene rings is 2. The van der Waals surface area contributed by atoms with Gasteiger partial charge in [-0.25, -0.2) is 4.98 Å². The Bertz CT molecular complexity index is 799. The smallest absolute Gasteiger partial charge is 0.228 e. The summed E-state index contributed by atoms with van der Waals surface area (Å²) in [6, 6.07) is 9.27. The summed E-state index contributed by atoms with van der Waals surface area (Å²) >= 11 is 6.89. The molecule has 4 nitrogen and oxygen atoms in total. The van der Waals surface area contributed by atoms with Crippen molar-refractivity contribution < 1.29 is 9.15 Å². The van der Waals surface area contributed by atoms with Crippen LogP contribution < -0.4 is 10.5 Å². The number of oxazole rings is 1. The van der Waals surface area contributed by atoms with Gasteiger partial charge in [0, 0.05) is 8.95 Å². The van der Waals surface area contributed by atoms with E-state index in [4.69, 9.17) is 14.9 Å². The van der Waals surface area contributed by atoms with E-state index in [-0.39, 0.29) is 0 Å². The van der Waals surface area contributed by atoms with Crippen LogP contribution in [0.5, 0.6) is 5.75 Å². The lowest BCUT2D eigenvalue weighted by molar-refractivity contribution is 0.414. The first-order chi connectivity index (χ1) is 9.58. The Labute approximate surface area is 132 Å². The molecule has 2 aromatic carbocycles. The number of hydrogen-bond acceptors (Lipinski definition) is 4. The van der Waals surface area contributed by atoms with Crippen LogP contribution in [0.3, 0.4) is 0 Å². The van der Waals surface area contributed by atoms with Gasteiger partial charge in [0.2, 0.25) is 5.89 Å². The minimum absolute atomic E-state index is 0.496. The van der Waals surface area contributed by atoms with Crippen LogP contribution in [0.2, 0.25) is 0 Å². The highest BCUT2D eigenvalue weighted by Crippen LogP contribution is 2.35. The van der Waals surface area contributed by atoms with Gasteiger partial charge in [0.25, 0.3) is 0 Å². The molecule has 2 N–H and O–H groups in total. The van der Waals surface area contributed by atoms with Gasteiger partial charge < -0.3 is 14.9 Å². The Morgan fingerprint density at radius 2 is 2.00 bits per heavy atom. The van der Waals surface area contributed by atoms with Crippen LogP contribution in [0.15, 0.2) is 43.7 Å². The van der Waals surface area contributed by atoms with Gasteiger partial charge in [0.05, 0.1) is 18.4 Å². The zero-order chi connectivity index (χ0) is 14.3. The predicted molar refractivity (Wildman–Crippen MR) is 85.8 cm³/mol. The van der Waals surface area contributed by atoms with Crippen molar-refractivity contribution in [2.24, 2.45) is 0 Å². The molecular weight excluding hydrogens is 388 g/mol. The maximum absolute atomic E-state index is 5.94. The number of nitrogen functional groups attached to an aromatic ring is 1. The number of nitrogens with zero attached hydrogens (tertiary/aromatic N) is 1. The number of nitrogens with two attached hydrogens (primary N) is 1. The fraction of sp³-hybridized carbons (Fsp3) is 0.0714. The zero-order valence-electron chi connectivity index (χ0n) is 10.5. The molecule has 0 aliphatic heterocycles. The fourth-order valence-corrected chi connectivity index (χ4v) is 2.81. The number of anilines is 1. The molecule has 0 bridgehead atoms. The first-order valence-corrected chi connectivity index (χ1v) is 7.36. The molecule has 0 atom stereocenters. The molecule has 0 unspecified atom stereocenters. The summed E-state index contributed by atoms with van der Waals surface area (Å²) in [5.41, 5.74) is 8.60. The predicted octanol–water partition coefficient (Wildman–Crippen LogP) is 4.61. The van der Waals surface area contributed by atoms with Crippen LogP contribution in [0, 0.1) is 0 Å². The Hall–Kier alpha value is -1.53. The summed E-state index contributed by atoms with van der Waals surface area (Å²) in [6.07, 6.45) is 0. The van der Waals surface area contributed by atoms with Gasteiger partial charge in [0.15, 0.2) is 5.58 Å². The summed E-state index contributed by atoms with van der Waals surface area (Å²) in [4.78, 5) is 4.48. The van der Waals surface area contributed by atoms with Crippen LogP contribution >= 0.6 is 31.9 Å². The van der Waals surface area contributed by atoms with Gasteiger partial charge in [0.1, 0.15) is 11.3 Å². The van der Waals surface area contributed by atoms with Crippen LogP contribution in [-0.4, -0.2) is 12.1 Å². The number of aromatic nitrogens is 1. The Morgan fingerprint density at radius 1 is 1.20 bits per heavy atom. The SMILES string of the molecule is COc1ccc(Br)c(-c2nc3cc(Br)cc(N)c3o2)c1. The van der Waals surface area contributed by atoms with Crippen molar-refractivity contribution in [1.29, 1.82) is 0 Å². The largest absolute Gasteiger partial charge is 0.497 e. The number of methoxy groups -OCH3 is 1. The molecule has 3 rings (SSSR count). The van der Waals surface area contributed by atoms with E-state index in [1.54, 1.807) is 13.2 Å². The monoisotopic (exact) mass is 396 g/mol. The highest BCUT2D eigenvalue weighted by atomic mass is 79.9. The van der Waals surface area contributed by atoms with E-state index >= 15 is 0 Å². The molecule has 0 fully saturated rings. The van der Waals surface area contributed by atoms with E-state index in [0.29, 0.717) is 22.7 Å². The Morgan fingerprint density at radius 3 is 2.75 bits per heavy atom. The number of halogens is 2. The Balaban J connectivity index is 2.22. The molecule has 0 radical (unpaired) electrons. The van der Waals surface area contributed by atoms with Crippen LogP contribution in [0.4, 0.5) is 5.69 Å². The first-order valence-electron chi connectivity index (χ1n) is 5.78. The van der Waals surface area contributed by atoms with Crippen molar-refractivity contribution >= 4 is 48.6 Å². The van der Waals surface area contributed by atoms with Gasteiger partial charge in [-0.2, -0.15) is 0 Å². The molecule has 0 spiro atoms. The summed E-state index contributed by atoms with van der Waals surface area (Å²) in [5, 5.41) is 0. The van der Waals surface area contributed by atoms with Crippen molar-refractivity contribution in [3.63, 3.8) is 0 Å². The summed E-state index contributed by atoms with van der Waals surface area (Å²) in [6.45, 7) is 0. The van der Waals surface area contributed by atoms with Crippen LogP contribution in [0.1, 0.15) is 0 Å². The topological polar surface area (TPSA) is 61.3 Å².